The second-order valence-corrected chi connectivity index (χ2v) is 5.56. The van der Waals surface area contributed by atoms with Crippen molar-refractivity contribution in [3.63, 3.8) is 0 Å². The van der Waals surface area contributed by atoms with Crippen molar-refractivity contribution >= 4 is 5.91 Å². The molecule has 0 bridgehead atoms. The Kier molecular flexibility index (Phi) is 5.15. The van der Waals surface area contributed by atoms with Crippen LogP contribution in [0.25, 0.3) is 0 Å². The van der Waals surface area contributed by atoms with E-state index in [1.807, 2.05) is 35.2 Å². The van der Waals surface area contributed by atoms with E-state index >= 15 is 0 Å². The van der Waals surface area contributed by atoms with E-state index in [1.54, 1.807) is 0 Å². The lowest BCUT2D eigenvalue weighted by Gasteiger charge is -2.40. The molecule has 0 radical (unpaired) electrons. The molecule has 0 aliphatic carbocycles. The topological polar surface area (TPSA) is 49.6 Å². The molecular formula is C16H25N3O. The summed E-state index contributed by atoms with van der Waals surface area (Å²) in [5.41, 5.74) is 7.21. The molecule has 1 fully saturated rings. The first-order valence-electron chi connectivity index (χ1n) is 7.44. The Morgan fingerprint density at radius 2 is 2.05 bits per heavy atom. The first kappa shape index (κ1) is 15.0. The van der Waals surface area contributed by atoms with Crippen LogP contribution in [-0.4, -0.2) is 54.0 Å². The number of nitrogens with two attached hydrogens (primary N) is 1. The molecule has 1 saturated heterocycles. The zero-order valence-corrected chi connectivity index (χ0v) is 12.5. The van der Waals surface area contributed by atoms with Crippen LogP contribution in [0.3, 0.4) is 0 Å². The van der Waals surface area contributed by atoms with Gasteiger partial charge in [-0.05, 0) is 25.5 Å². The van der Waals surface area contributed by atoms with Gasteiger partial charge in [0.2, 0.25) is 5.91 Å². The molecule has 1 aliphatic heterocycles. The van der Waals surface area contributed by atoms with Gasteiger partial charge in [-0.15, -0.1) is 0 Å². The van der Waals surface area contributed by atoms with E-state index in [0.29, 0.717) is 12.5 Å². The van der Waals surface area contributed by atoms with Gasteiger partial charge in [0, 0.05) is 25.7 Å². The summed E-state index contributed by atoms with van der Waals surface area (Å²) >= 11 is 0. The quantitative estimate of drug-likeness (QED) is 0.895. The highest BCUT2D eigenvalue weighted by molar-refractivity contribution is 5.82. The van der Waals surface area contributed by atoms with Crippen molar-refractivity contribution in [2.24, 2.45) is 5.73 Å². The Balaban J connectivity index is 1.91. The van der Waals surface area contributed by atoms with Crippen molar-refractivity contribution in [1.82, 2.24) is 9.80 Å². The van der Waals surface area contributed by atoms with Gasteiger partial charge >= 0.3 is 0 Å². The first-order chi connectivity index (χ1) is 9.61. The van der Waals surface area contributed by atoms with Gasteiger partial charge in [-0.25, -0.2) is 0 Å². The summed E-state index contributed by atoms with van der Waals surface area (Å²) in [6.45, 7) is 7.90. The monoisotopic (exact) mass is 275 g/mol. The molecule has 0 aromatic heterocycles. The summed E-state index contributed by atoms with van der Waals surface area (Å²) < 4.78 is 0. The summed E-state index contributed by atoms with van der Waals surface area (Å²) in [5, 5.41) is 0. The predicted molar refractivity (Wildman–Crippen MR) is 81.4 cm³/mol. The Bertz CT molecular complexity index is 435. The Morgan fingerprint density at radius 1 is 1.35 bits per heavy atom. The molecule has 2 atom stereocenters. The zero-order valence-electron chi connectivity index (χ0n) is 12.5. The van der Waals surface area contributed by atoms with E-state index < -0.39 is 6.04 Å². The number of hydrogen-bond donors (Lipinski definition) is 1. The summed E-state index contributed by atoms with van der Waals surface area (Å²) in [6.07, 6.45) is 0.613. The molecule has 2 N–H and O–H groups in total. The normalized spacial score (nSPS) is 21.8. The number of carbonyl (C=O) groups excluding carboxylic acids is 1. The highest BCUT2D eigenvalue weighted by Gasteiger charge is 2.28. The van der Waals surface area contributed by atoms with Crippen molar-refractivity contribution in [3.05, 3.63) is 35.9 Å². The lowest BCUT2D eigenvalue weighted by Crippen LogP contribution is -2.56. The number of carbonyl (C=O) groups is 1. The molecule has 2 rings (SSSR count). The molecule has 0 saturated carbocycles. The second-order valence-electron chi connectivity index (χ2n) is 5.56. The molecule has 4 heteroatoms. The molecule has 1 aromatic carbocycles. The van der Waals surface area contributed by atoms with E-state index in [0.717, 1.165) is 31.7 Å². The largest absolute Gasteiger partial charge is 0.338 e. The highest BCUT2D eigenvalue weighted by atomic mass is 16.2. The Labute approximate surface area is 121 Å². The van der Waals surface area contributed by atoms with Gasteiger partial charge in [-0.1, -0.05) is 37.3 Å². The molecule has 1 aliphatic rings. The van der Waals surface area contributed by atoms with E-state index in [1.165, 1.54) is 0 Å². The summed E-state index contributed by atoms with van der Waals surface area (Å²) in [5.74, 6) is 0.0801. The maximum absolute atomic E-state index is 12.4. The Hall–Kier alpha value is -1.39. The molecular weight excluding hydrogens is 250 g/mol. The third-order valence-electron chi connectivity index (χ3n) is 4.10. The fourth-order valence-electron chi connectivity index (χ4n) is 2.86. The average molecular weight is 275 g/mol. The molecule has 4 nitrogen and oxygen atoms in total. The number of rotatable bonds is 4. The lowest BCUT2D eigenvalue weighted by atomic mass is 10.0. The zero-order chi connectivity index (χ0) is 14.5. The van der Waals surface area contributed by atoms with E-state index in [9.17, 15) is 4.79 Å². The number of piperazine rings is 1. The first-order valence-corrected chi connectivity index (χ1v) is 7.44. The third-order valence-corrected chi connectivity index (χ3v) is 4.10. The van der Waals surface area contributed by atoms with Crippen LogP contribution in [0.1, 0.15) is 19.4 Å². The molecule has 110 valence electrons. The molecule has 1 heterocycles. The second kappa shape index (κ2) is 6.86. The minimum atomic E-state index is -0.433. The van der Waals surface area contributed by atoms with Crippen LogP contribution >= 0.6 is 0 Å². The molecule has 1 unspecified atom stereocenters. The smallest absolute Gasteiger partial charge is 0.239 e. The number of hydrogen-bond acceptors (Lipinski definition) is 3. The lowest BCUT2D eigenvalue weighted by molar-refractivity contribution is -0.135. The van der Waals surface area contributed by atoms with Crippen LogP contribution in [0.15, 0.2) is 30.3 Å². The van der Waals surface area contributed by atoms with Crippen molar-refractivity contribution in [1.29, 1.82) is 0 Å². The number of benzene rings is 1. The maximum Gasteiger partial charge on any atom is 0.239 e. The molecule has 1 aromatic rings. The third kappa shape index (κ3) is 3.58. The van der Waals surface area contributed by atoms with Crippen LogP contribution in [0.4, 0.5) is 0 Å². The standard InChI is InChI=1S/C16H25N3O/c1-3-18-9-10-19(12-13(18)2)16(20)15(17)11-14-7-5-4-6-8-14/h4-8,13,15H,3,9-12,17H2,1-2H3/t13?,15-/m1/s1. The molecule has 0 spiro atoms. The van der Waals surface area contributed by atoms with Crippen molar-refractivity contribution in [3.8, 4) is 0 Å². The van der Waals surface area contributed by atoms with Crippen molar-refractivity contribution in [2.75, 3.05) is 26.2 Å². The number of amides is 1. The molecule has 20 heavy (non-hydrogen) atoms. The fraction of sp³-hybridized carbons (Fsp3) is 0.562. The van der Waals surface area contributed by atoms with Crippen LogP contribution in [0, 0.1) is 0 Å². The highest BCUT2D eigenvalue weighted by Crippen LogP contribution is 2.11. The van der Waals surface area contributed by atoms with Crippen molar-refractivity contribution < 1.29 is 4.79 Å². The summed E-state index contributed by atoms with van der Waals surface area (Å²) in [4.78, 5) is 16.7. The number of nitrogens with zero attached hydrogens (tertiary/aromatic N) is 2. The predicted octanol–water partition coefficient (Wildman–Crippen LogP) is 1.11. The van der Waals surface area contributed by atoms with Gasteiger partial charge < -0.3 is 10.6 Å². The number of likely N-dealkylation sites (N-methyl/N-ethyl adjacent to an activating group) is 1. The van der Waals surface area contributed by atoms with Crippen LogP contribution < -0.4 is 5.73 Å². The molecule has 1 amide bonds. The van der Waals surface area contributed by atoms with Crippen molar-refractivity contribution in [2.45, 2.75) is 32.4 Å². The van der Waals surface area contributed by atoms with Gasteiger partial charge in [0.1, 0.15) is 0 Å². The van der Waals surface area contributed by atoms with Crippen LogP contribution in [0.5, 0.6) is 0 Å². The van der Waals surface area contributed by atoms with Crippen LogP contribution in [0.2, 0.25) is 0 Å². The minimum Gasteiger partial charge on any atom is -0.338 e. The van der Waals surface area contributed by atoms with Gasteiger partial charge in [0.25, 0.3) is 0 Å². The Morgan fingerprint density at radius 3 is 2.65 bits per heavy atom. The van der Waals surface area contributed by atoms with Gasteiger partial charge in [-0.3, -0.25) is 9.69 Å². The van der Waals surface area contributed by atoms with Gasteiger partial charge in [0.05, 0.1) is 6.04 Å². The van der Waals surface area contributed by atoms with Gasteiger partial charge in [-0.2, -0.15) is 0 Å². The summed E-state index contributed by atoms with van der Waals surface area (Å²) in [6, 6.07) is 9.96. The summed E-state index contributed by atoms with van der Waals surface area (Å²) in [7, 11) is 0. The fourth-order valence-corrected chi connectivity index (χ4v) is 2.86. The minimum absolute atomic E-state index is 0.0801. The van der Waals surface area contributed by atoms with Gasteiger partial charge in [0.15, 0.2) is 0 Å². The average Bonchev–Trinajstić information content (AvgIpc) is 2.47. The van der Waals surface area contributed by atoms with E-state index in [4.69, 9.17) is 5.73 Å². The van der Waals surface area contributed by atoms with E-state index in [-0.39, 0.29) is 5.91 Å². The maximum atomic E-state index is 12.4. The SMILES string of the molecule is CCN1CCN(C(=O)[C@H](N)Cc2ccccc2)CC1C. The van der Waals surface area contributed by atoms with Crippen LogP contribution in [-0.2, 0) is 11.2 Å². The van der Waals surface area contributed by atoms with E-state index in [2.05, 4.69) is 18.7 Å².